The molecule has 0 saturated carbocycles. The molecule has 13 heteroatoms. The number of carbonyl (C=O) groups is 3. The molecule has 170 valence electrons. The van der Waals surface area contributed by atoms with Gasteiger partial charge in [0.25, 0.3) is 0 Å². The number of amides is 4. The second kappa shape index (κ2) is 8.19. The van der Waals surface area contributed by atoms with Crippen molar-refractivity contribution >= 4 is 28.4 Å². The molecule has 3 aliphatic rings. The lowest BCUT2D eigenvalue weighted by atomic mass is 9.99. The van der Waals surface area contributed by atoms with Gasteiger partial charge in [-0.25, -0.2) is 9.59 Å². The summed E-state index contributed by atoms with van der Waals surface area (Å²) in [4.78, 5) is 40.2. The van der Waals surface area contributed by atoms with E-state index in [0.29, 0.717) is 43.8 Å². The Labute approximate surface area is 175 Å². The molecule has 3 rings (SSSR count). The zero-order chi connectivity index (χ0) is 22.3. The third kappa shape index (κ3) is 5.32. The topological polar surface area (TPSA) is 146 Å². The summed E-state index contributed by atoms with van der Waals surface area (Å²) in [6.45, 7) is 6.44. The van der Waals surface area contributed by atoms with E-state index in [-0.39, 0.29) is 24.6 Å². The van der Waals surface area contributed by atoms with E-state index >= 15 is 0 Å². The highest BCUT2D eigenvalue weighted by molar-refractivity contribution is 7.80. The Bertz CT molecular complexity index is 803. The molecule has 2 N–H and O–H groups in total. The van der Waals surface area contributed by atoms with E-state index in [1.807, 2.05) is 0 Å². The highest BCUT2D eigenvalue weighted by Crippen LogP contribution is 2.31. The molecule has 0 aromatic heterocycles. The molecule has 3 heterocycles. The van der Waals surface area contributed by atoms with Gasteiger partial charge in [0.15, 0.2) is 0 Å². The molecule has 30 heavy (non-hydrogen) atoms. The minimum Gasteiger partial charge on any atom is -0.444 e. The number of hydroxylamine groups is 2. The number of nitrogens with one attached hydrogen (secondary N) is 1. The first-order valence-corrected chi connectivity index (χ1v) is 11.3. The van der Waals surface area contributed by atoms with E-state index < -0.39 is 34.1 Å². The van der Waals surface area contributed by atoms with Gasteiger partial charge in [-0.05, 0) is 46.5 Å². The largest absolute Gasteiger partial charge is 0.444 e. The standard InChI is InChI=1S/C17H28N4O8S/c1-17(2,3)28-16(24)19-8-6-11(7-9-19)18-14(22)13-5-4-12-10-20(13)15(23)21(12)29-30(25,26)27/h11-13H,4-10H2,1-3H3,(H,18,22)(H,25,26,27)/t12-,13+/m0/s1. The maximum atomic E-state index is 12.8. The molecule has 0 aromatic carbocycles. The van der Waals surface area contributed by atoms with Crippen molar-refractivity contribution in [3.63, 3.8) is 0 Å². The van der Waals surface area contributed by atoms with Crippen LogP contribution >= 0.6 is 0 Å². The summed E-state index contributed by atoms with van der Waals surface area (Å²) in [5.74, 6) is -0.328. The summed E-state index contributed by atoms with van der Waals surface area (Å²) >= 11 is 0. The van der Waals surface area contributed by atoms with Crippen LogP contribution in [-0.4, -0.2) is 89.2 Å². The first kappa shape index (κ1) is 22.6. The Morgan fingerprint density at radius 3 is 2.33 bits per heavy atom. The summed E-state index contributed by atoms with van der Waals surface area (Å²) < 4.78 is 40.5. The average Bonchev–Trinajstić information content (AvgIpc) is 2.84. The lowest BCUT2D eigenvalue weighted by Gasteiger charge is -2.35. The van der Waals surface area contributed by atoms with Gasteiger partial charge in [-0.1, -0.05) is 0 Å². The number of fused-ring (bicyclic) bond motifs is 2. The Morgan fingerprint density at radius 2 is 1.77 bits per heavy atom. The second-order valence-electron chi connectivity index (χ2n) is 8.76. The van der Waals surface area contributed by atoms with Gasteiger partial charge in [0, 0.05) is 25.7 Å². The predicted octanol–water partition coefficient (Wildman–Crippen LogP) is 0.505. The Kier molecular flexibility index (Phi) is 6.16. The predicted molar refractivity (Wildman–Crippen MR) is 102 cm³/mol. The van der Waals surface area contributed by atoms with Crippen LogP contribution in [-0.2, 0) is 24.2 Å². The van der Waals surface area contributed by atoms with E-state index in [2.05, 4.69) is 9.60 Å². The lowest BCUT2D eigenvalue weighted by molar-refractivity contribution is -0.127. The van der Waals surface area contributed by atoms with Crippen molar-refractivity contribution in [3.05, 3.63) is 0 Å². The summed E-state index contributed by atoms with van der Waals surface area (Å²) in [7, 11) is -4.83. The van der Waals surface area contributed by atoms with Crippen molar-refractivity contribution in [2.75, 3.05) is 19.6 Å². The number of likely N-dealkylation sites (tertiary alicyclic amines) is 1. The maximum absolute atomic E-state index is 12.8. The molecule has 0 aliphatic carbocycles. The fourth-order valence-corrected chi connectivity index (χ4v) is 4.32. The minimum absolute atomic E-state index is 0.142. The normalized spacial score (nSPS) is 25.5. The minimum atomic E-state index is -4.83. The number of ether oxygens (including phenoxy) is 1. The Morgan fingerprint density at radius 1 is 1.13 bits per heavy atom. The van der Waals surface area contributed by atoms with Crippen molar-refractivity contribution in [1.29, 1.82) is 0 Å². The number of hydrogen-bond donors (Lipinski definition) is 2. The van der Waals surface area contributed by atoms with Crippen LogP contribution in [0.3, 0.4) is 0 Å². The summed E-state index contributed by atoms with van der Waals surface area (Å²) in [6, 6.07) is -2.19. The first-order valence-electron chi connectivity index (χ1n) is 9.89. The molecule has 2 bridgehead atoms. The number of piperidine rings is 2. The van der Waals surface area contributed by atoms with Crippen LogP contribution < -0.4 is 5.32 Å². The van der Waals surface area contributed by atoms with Gasteiger partial charge in [0.2, 0.25) is 5.91 Å². The van der Waals surface area contributed by atoms with Crippen LogP contribution in [0, 0.1) is 0 Å². The smallest absolute Gasteiger partial charge is 0.418 e. The van der Waals surface area contributed by atoms with Crippen LogP contribution in [0.5, 0.6) is 0 Å². The van der Waals surface area contributed by atoms with Gasteiger partial charge in [-0.3, -0.25) is 9.35 Å². The van der Waals surface area contributed by atoms with Crippen molar-refractivity contribution in [3.8, 4) is 0 Å². The Hall–Kier alpha value is -2.12. The highest BCUT2D eigenvalue weighted by Gasteiger charge is 2.49. The molecule has 4 amide bonds. The summed E-state index contributed by atoms with van der Waals surface area (Å²) in [6.07, 6.45) is 1.46. The quantitative estimate of drug-likeness (QED) is 0.592. The molecular weight excluding hydrogens is 420 g/mol. The van der Waals surface area contributed by atoms with E-state index in [1.165, 1.54) is 4.90 Å². The molecular formula is C17H28N4O8S. The first-order chi connectivity index (χ1) is 13.8. The number of nitrogens with zero attached hydrogens (tertiary/aromatic N) is 3. The van der Waals surface area contributed by atoms with Crippen LogP contribution in [0.25, 0.3) is 0 Å². The molecule has 3 aliphatic heterocycles. The second-order valence-corrected chi connectivity index (χ2v) is 9.76. The van der Waals surface area contributed by atoms with Gasteiger partial charge in [-0.2, -0.15) is 13.5 Å². The van der Waals surface area contributed by atoms with Gasteiger partial charge >= 0.3 is 22.5 Å². The third-order valence-corrected chi connectivity index (χ3v) is 5.64. The van der Waals surface area contributed by atoms with Crippen LogP contribution in [0.2, 0.25) is 0 Å². The maximum Gasteiger partial charge on any atom is 0.418 e. The Balaban J connectivity index is 1.52. The number of rotatable bonds is 4. The third-order valence-electron chi connectivity index (χ3n) is 5.29. The molecule has 0 unspecified atom stereocenters. The molecule has 2 atom stereocenters. The van der Waals surface area contributed by atoms with E-state index in [0.717, 1.165) is 0 Å². The van der Waals surface area contributed by atoms with E-state index in [4.69, 9.17) is 9.29 Å². The molecule has 12 nitrogen and oxygen atoms in total. The monoisotopic (exact) mass is 448 g/mol. The molecule has 0 aromatic rings. The van der Waals surface area contributed by atoms with Crippen molar-refractivity contribution < 1.29 is 36.4 Å². The van der Waals surface area contributed by atoms with Crippen LogP contribution in [0.15, 0.2) is 0 Å². The molecule has 3 fully saturated rings. The number of urea groups is 1. The lowest BCUT2D eigenvalue weighted by Crippen LogP contribution is -2.54. The summed E-state index contributed by atoms with van der Waals surface area (Å²) in [5.41, 5.74) is -0.573. The van der Waals surface area contributed by atoms with Crippen molar-refractivity contribution in [2.24, 2.45) is 0 Å². The fraction of sp³-hybridized carbons (Fsp3) is 0.824. The zero-order valence-electron chi connectivity index (χ0n) is 17.2. The van der Waals surface area contributed by atoms with Crippen molar-refractivity contribution in [1.82, 2.24) is 20.2 Å². The fourth-order valence-electron chi connectivity index (χ4n) is 3.93. The molecule has 0 radical (unpaired) electrons. The van der Waals surface area contributed by atoms with Crippen molar-refractivity contribution in [2.45, 2.75) is 70.2 Å². The van der Waals surface area contributed by atoms with Gasteiger partial charge in [-0.15, -0.1) is 4.28 Å². The van der Waals surface area contributed by atoms with Gasteiger partial charge in [0.05, 0.1) is 6.04 Å². The van der Waals surface area contributed by atoms with Crippen LogP contribution in [0.1, 0.15) is 46.5 Å². The number of carbonyl (C=O) groups excluding carboxylic acids is 3. The molecule has 3 saturated heterocycles. The van der Waals surface area contributed by atoms with Gasteiger partial charge in [0.1, 0.15) is 11.6 Å². The SMILES string of the molecule is CC(C)(C)OC(=O)N1CCC(NC(=O)[C@H]2CC[C@H]3CN2C(=O)N3OS(=O)(=O)O)CC1. The van der Waals surface area contributed by atoms with E-state index in [1.54, 1.807) is 25.7 Å². The summed E-state index contributed by atoms with van der Waals surface area (Å²) in [5, 5.41) is 3.54. The van der Waals surface area contributed by atoms with Gasteiger partial charge < -0.3 is 19.9 Å². The highest BCUT2D eigenvalue weighted by atomic mass is 32.3. The number of hydrogen-bond acceptors (Lipinski definition) is 7. The zero-order valence-corrected chi connectivity index (χ0v) is 18.1. The van der Waals surface area contributed by atoms with Crippen LogP contribution in [0.4, 0.5) is 9.59 Å². The molecule has 0 spiro atoms. The average molecular weight is 448 g/mol. The van der Waals surface area contributed by atoms with E-state index in [9.17, 15) is 22.8 Å².